The predicted octanol–water partition coefficient (Wildman–Crippen LogP) is 0.204. The molecule has 2 heterocycles. The van der Waals surface area contributed by atoms with Crippen LogP contribution in [0.4, 0.5) is 0 Å². The maximum atomic E-state index is 13.0. The number of nitrogens with zero attached hydrogens (tertiary/aromatic N) is 2. The van der Waals surface area contributed by atoms with Gasteiger partial charge in [0.05, 0.1) is 24.5 Å². The average molecular weight is 379 g/mol. The zero-order valence-electron chi connectivity index (χ0n) is 14.4. The number of sulfonamides is 1. The number of carbonyl (C=O) groups excluding carboxylic acids is 2. The molecule has 0 radical (unpaired) electrons. The smallest absolute Gasteiger partial charge is 0.264 e. The number of benzene rings is 1. The number of hydrogen-bond donors (Lipinski definition) is 1. The summed E-state index contributed by atoms with van der Waals surface area (Å²) in [4.78, 5) is 26.5. The molecule has 26 heavy (non-hydrogen) atoms. The van der Waals surface area contributed by atoms with Crippen LogP contribution in [0.2, 0.25) is 0 Å². The summed E-state index contributed by atoms with van der Waals surface area (Å²) in [5.74, 6) is -0.794. The summed E-state index contributed by atoms with van der Waals surface area (Å²) in [7, 11) is -3.95. The summed E-state index contributed by atoms with van der Waals surface area (Å²) in [6.45, 7) is 3.61. The van der Waals surface area contributed by atoms with E-state index in [1.807, 2.05) is 6.92 Å². The second-order valence-electron chi connectivity index (χ2n) is 6.19. The van der Waals surface area contributed by atoms with E-state index in [-0.39, 0.29) is 17.2 Å². The van der Waals surface area contributed by atoms with Gasteiger partial charge in [0, 0.05) is 25.5 Å². The van der Waals surface area contributed by atoms with E-state index in [0.29, 0.717) is 26.3 Å². The first-order valence-electron chi connectivity index (χ1n) is 8.32. The van der Waals surface area contributed by atoms with Gasteiger partial charge in [0.15, 0.2) is 0 Å². The number of rotatable bonds is 4. The van der Waals surface area contributed by atoms with Crippen LogP contribution >= 0.6 is 0 Å². The van der Waals surface area contributed by atoms with Gasteiger partial charge in [0.1, 0.15) is 6.04 Å². The minimum absolute atomic E-state index is 0.0753. The lowest BCUT2D eigenvalue weighted by Gasteiger charge is -2.33. The van der Waals surface area contributed by atoms with E-state index in [9.17, 15) is 18.0 Å². The highest BCUT2D eigenvalue weighted by atomic mass is 32.2. The van der Waals surface area contributed by atoms with Gasteiger partial charge < -0.3 is 15.0 Å². The molecule has 0 spiro atoms. The largest absolute Gasteiger partial charge is 0.378 e. The molecule has 1 aromatic rings. The van der Waals surface area contributed by atoms with Crippen LogP contribution in [-0.2, 0) is 24.3 Å². The Morgan fingerprint density at radius 2 is 1.88 bits per heavy atom. The zero-order chi connectivity index (χ0) is 18.7. The predicted molar refractivity (Wildman–Crippen MR) is 93.3 cm³/mol. The third-order valence-corrected chi connectivity index (χ3v) is 6.18. The summed E-state index contributed by atoms with van der Waals surface area (Å²) >= 11 is 0. The van der Waals surface area contributed by atoms with Crippen molar-refractivity contribution in [2.24, 2.45) is 0 Å². The molecule has 0 unspecified atom stereocenters. The lowest BCUT2D eigenvalue weighted by Crippen LogP contribution is -2.52. The Morgan fingerprint density at radius 3 is 2.54 bits per heavy atom. The molecule has 1 atom stereocenters. The Balaban J connectivity index is 1.84. The van der Waals surface area contributed by atoms with Crippen LogP contribution in [-0.4, -0.2) is 61.8 Å². The minimum Gasteiger partial charge on any atom is -0.378 e. The standard InChI is InChI=1S/C17H21N3O5S/c1-13-2-4-14(5-3-13)26(23,24)20-7-6-18-17(22)15(20)12-16(21)19-8-10-25-11-9-19/h2-7,15H,8-12H2,1H3,(H,18,22)/t15-/m1/s1. The maximum Gasteiger partial charge on any atom is 0.264 e. The van der Waals surface area contributed by atoms with Gasteiger partial charge in [0.2, 0.25) is 11.8 Å². The maximum absolute atomic E-state index is 13.0. The van der Waals surface area contributed by atoms with Crippen LogP contribution in [0.5, 0.6) is 0 Å². The van der Waals surface area contributed by atoms with Crippen molar-refractivity contribution in [2.75, 3.05) is 26.3 Å². The van der Waals surface area contributed by atoms with Crippen molar-refractivity contribution in [3.05, 3.63) is 42.2 Å². The Hall–Kier alpha value is -2.39. The van der Waals surface area contributed by atoms with Crippen molar-refractivity contribution >= 4 is 21.8 Å². The fourth-order valence-electron chi connectivity index (χ4n) is 2.88. The highest BCUT2D eigenvalue weighted by molar-refractivity contribution is 7.89. The topological polar surface area (TPSA) is 96.0 Å². The van der Waals surface area contributed by atoms with E-state index in [4.69, 9.17) is 4.74 Å². The molecule has 0 saturated carbocycles. The molecule has 2 amide bonds. The first-order chi connectivity index (χ1) is 12.4. The Bertz CT molecular complexity index is 813. The summed E-state index contributed by atoms with van der Waals surface area (Å²) in [6.07, 6.45) is 2.33. The first-order valence-corrected chi connectivity index (χ1v) is 9.76. The van der Waals surface area contributed by atoms with E-state index < -0.39 is 22.0 Å². The number of nitrogens with one attached hydrogen (secondary N) is 1. The fraction of sp³-hybridized carbons (Fsp3) is 0.412. The lowest BCUT2D eigenvalue weighted by atomic mass is 10.1. The van der Waals surface area contributed by atoms with Crippen molar-refractivity contribution < 1.29 is 22.7 Å². The van der Waals surface area contributed by atoms with Gasteiger partial charge in [-0.2, -0.15) is 0 Å². The third-order valence-electron chi connectivity index (χ3n) is 4.39. The Kier molecular flexibility index (Phi) is 5.28. The normalized spacial score (nSPS) is 20.8. The number of morpholine rings is 1. The summed E-state index contributed by atoms with van der Waals surface area (Å²) in [6, 6.07) is 5.24. The summed E-state index contributed by atoms with van der Waals surface area (Å²) in [5, 5.41) is 2.48. The van der Waals surface area contributed by atoms with E-state index in [2.05, 4.69) is 5.32 Å². The summed E-state index contributed by atoms with van der Waals surface area (Å²) < 4.78 is 32.1. The quantitative estimate of drug-likeness (QED) is 0.807. The fourth-order valence-corrected chi connectivity index (χ4v) is 4.33. The van der Waals surface area contributed by atoms with Crippen LogP contribution in [0.15, 0.2) is 41.6 Å². The van der Waals surface area contributed by atoms with E-state index >= 15 is 0 Å². The number of hydrogen-bond acceptors (Lipinski definition) is 5. The van der Waals surface area contributed by atoms with Gasteiger partial charge in [-0.05, 0) is 19.1 Å². The van der Waals surface area contributed by atoms with Crippen molar-refractivity contribution in [2.45, 2.75) is 24.3 Å². The third kappa shape index (κ3) is 3.73. The molecule has 2 aliphatic heterocycles. The van der Waals surface area contributed by atoms with Crippen molar-refractivity contribution in [3.63, 3.8) is 0 Å². The first kappa shape index (κ1) is 18.4. The average Bonchev–Trinajstić information content (AvgIpc) is 2.64. The molecule has 1 N–H and O–H groups in total. The van der Waals surface area contributed by atoms with Crippen LogP contribution in [0, 0.1) is 6.92 Å². The molecule has 140 valence electrons. The van der Waals surface area contributed by atoms with Gasteiger partial charge in [-0.15, -0.1) is 0 Å². The van der Waals surface area contributed by atoms with Crippen LogP contribution < -0.4 is 5.32 Å². The number of ether oxygens (including phenoxy) is 1. The Morgan fingerprint density at radius 1 is 1.23 bits per heavy atom. The highest BCUT2D eigenvalue weighted by Gasteiger charge is 2.37. The number of amides is 2. The molecule has 1 fully saturated rings. The van der Waals surface area contributed by atoms with Gasteiger partial charge >= 0.3 is 0 Å². The van der Waals surface area contributed by atoms with Crippen LogP contribution in [0.25, 0.3) is 0 Å². The molecule has 1 aromatic carbocycles. The molecule has 8 nitrogen and oxygen atoms in total. The number of aryl methyl sites for hydroxylation is 1. The molecular formula is C17H21N3O5S. The van der Waals surface area contributed by atoms with Crippen LogP contribution in [0.3, 0.4) is 0 Å². The number of carbonyl (C=O) groups is 2. The zero-order valence-corrected chi connectivity index (χ0v) is 15.2. The molecular weight excluding hydrogens is 358 g/mol. The lowest BCUT2D eigenvalue weighted by molar-refractivity contribution is -0.138. The van der Waals surface area contributed by atoms with Gasteiger partial charge in [0.25, 0.3) is 10.0 Å². The monoisotopic (exact) mass is 379 g/mol. The van der Waals surface area contributed by atoms with E-state index in [1.165, 1.54) is 24.5 Å². The molecule has 0 aliphatic carbocycles. The molecule has 0 aromatic heterocycles. The van der Waals surface area contributed by atoms with Gasteiger partial charge in [-0.3, -0.25) is 13.9 Å². The minimum atomic E-state index is -3.95. The summed E-state index contributed by atoms with van der Waals surface area (Å²) in [5.41, 5.74) is 0.926. The highest BCUT2D eigenvalue weighted by Crippen LogP contribution is 2.23. The van der Waals surface area contributed by atoms with Crippen molar-refractivity contribution in [3.8, 4) is 0 Å². The molecule has 0 bridgehead atoms. The van der Waals surface area contributed by atoms with Gasteiger partial charge in [-0.25, -0.2) is 8.42 Å². The Labute approximate surface area is 152 Å². The molecule has 2 aliphatic rings. The second kappa shape index (κ2) is 7.46. The second-order valence-corrected chi connectivity index (χ2v) is 8.03. The molecule has 1 saturated heterocycles. The van der Waals surface area contributed by atoms with Crippen LogP contribution in [0.1, 0.15) is 12.0 Å². The molecule has 9 heteroatoms. The van der Waals surface area contributed by atoms with E-state index in [0.717, 1.165) is 9.87 Å². The van der Waals surface area contributed by atoms with Crippen molar-refractivity contribution in [1.29, 1.82) is 0 Å². The van der Waals surface area contributed by atoms with Gasteiger partial charge in [-0.1, -0.05) is 17.7 Å². The SMILES string of the molecule is Cc1ccc(S(=O)(=O)N2C=CNC(=O)[C@H]2CC(=O)N2CCOCC2)cc1. The van der Waals surface area contributed by atoms with Crippen molar-refractivity contribution in [1.82, 2.24) is 14.5 Å². The van der Waals surface area contributed by atoms with E-state index in [1.54, 1.807) is 17.0 Å². The molecule has 3 rings (SSSR count).